The Morgan fingerprint density at radius 3 is 2.64 bits per heavy atom. The minimum absolute atomic E-state index is 0.0153. The number of hydrogen-bond donors (Lipinski definition) is 0. The maximum atomic E-state index is 11.7. The van der Waals surface area contributed by atoms with Crippen molar-refractivity contribution in [2.24, 2.45) is 0 Å². The molecule has 5 nitrogen and oxygen atoms in total. The molecule has 83 valence electrons. The van der Waals surface area contributed by atoms with E-state index in [0.717, 1.165) is 6.42 Å². The van der Waals surface area contributed by atoms with Crippen molar-refractivity contribution >= 4 is 10.2 Å². The smallest absolute Gasteiger partial charge is 0.281 e. The fourth-order valence-electron chi connectivity index (χ4n) is 1.37. The molecule has 0 saturated carbocycles. The average molecular weight is 221 g/mol. The van der Waals surface area contributed by atoms with Gasteiger partial charge in [0, 0.05) is 34.3 Å². The predicted molar refractivity (Wildman–Crippen MR) is 53.9 cm³/mol. The van der Waals surface area contributed by atoms with E-state index in [9.17, 15) is 8.42 Å². The zero-order valence-electron chi connectivity index (χ0n) is 8.80. The molecule has 0 aromatic heterocycles. The molecular formula is C8H17N2O3S. The van der Waals surface area contributed by atoms with Gasteiger partial charge in [0.25, 0.3) is 10.2 Å². The van der Waals surface area contributed by atoms with Gasteiger partial charge >= 0.3 is 0 Å². The summed E-state index contributed by atoms with van der Waals surface area (Å²) in [5, 5.41) is 0. The van der Waals surface area contributed by atoms with E-state index in [4.69, 9.17) is 4.74 Å². The summed E-state index contributed by atoms with van der Waals surface area (Å²) in [6.07, 6.45) is 2.73. The minimum atomic E-state index is -3.29. The fourth-order valence-corrected chi connectivity index (χ4v) is 2.48. The van der Waals surface area contributed by atoms with Crippen LogP contribution in [-0.2, 0) is 14.9 Å². The van der Waals surface area contributed by atoms with Crippen LogP contribution in [0.2, 0.25) is 0 Å². The molecule has 1 saturated heterocycles. The van der Waals surface area contributed by atoms with Crippen LogP contribution in [0.1, 0.15) is 6.42 Å². The first-order valence-corrected chi connectivity index (χ1v) is 5.90. The number of piperidine rings is 1. The van der Waals surface area contributed by atoms with Gasteiger partial charge in [0.05, 0.1) is 6.10 Å². The molecule has 0 bridgehead atoms. The lowest BCUT2D eigenvalue weighted by Crippen LogP contribution is -2.47. The number of methoxy groups -OCH3 is 1. The van der Waals surface area contributed by atoms with Gasteiger partial charge in [-0.15, -0.1) is 0 Å². The summed E-state index contributed by atoms with van der Waals surface area (Å²) in [6.45, 7) is 0.911. The molecule has 14 heavy (non-hydrogen) atoms. The average Bonchev–Trinajstić information content (AvgIpc) is 2.17. The SMILES string of the molecule is CO[C@@H]1C[CH]CN(S(=O)(=O)N(C)C)C1. The lowest BCUT2D eigenvalue weighted by atomic mass is 10.1. The van der Waals surface area contributed by atoms with Crippen LogP contribution in [0.15, 0.2) is 0 Å². The van der Waals surface area contributed by atoms with Gasteiger partial charge in [0.15, 0.2) is 0 Å². The van der Waals surface area contributed by atoms with Gasteiger partial charge in [-0.3, -0.25) is 0 Å². The van der Waals surface area contributed by atoms with Crippen molar-refractivity contribution in [2.75, 3.05) is 34.3 Å². The van der Waals surface area contributed by atoms with Crippen molar-refractivity contribution in [3.05, 3.63) is 6.42 Å². The highest BCUT2D eigenvalue weighted by Crippen LogP contribution is 2.16. The molecule has 0 aromatic rings. The van der Waals surface area contributed by atoms with Gasteiger partial charge < -0.3 is 4.74 Å². The molecule has 1 fully saturated rings. The molecule has 1 radical (unpaired) electrons. The minimum Gasteiger partial charge on any atom is -0.380 e. The van der Waals surface area contributed by atoms with Gasteiger partial charge in [0.1, 0.15) is 0 Å². The van der Waals surface area contributed by atoms with E-state index >= 15 is 0 Å². The fraction of sp³-hybridized carbons (Fsp3) is 0.875. The molecule has 0 unspecified atom stereocenters. The van der Waals surface area contributed by atoms with Crippen LogP contribution in [0, 0.1) is 6.42 Å². The maximum absolute atomic E-state index is 11.7. The second-order valence-corrected chi connectivity index (χ2v) is 5.63. The number of hydrogen-bond acceptors (Lipinski definition) is 3. The molecule has 0 aromatic carbocycles. The van der Waals surface area contributed by atoms with Gasteiger partial charge in [-0.25, -0.2) is 0 Å². The van der Waals surface area contributed by atoms with Crippen LogP contribution in [0.5, 0.6) is 0 Å². The zero-order valence-corrected chi connectivity index (χ0v) is 9.62. The highest BCUT2D eigenvalue weighted by Gasteiger charge is 2.30. The van der Waals surface area contributed by atoms with Crippen LogP contribution in [0.25, 0.3) is 0 Å². The number of rotatable bonds is 3. The molecular weight excluding hydrogens is 204 g/mol. The summed E-state index contributed by atoms with van der Waals surface area (Å²) in [5.74, 6) is 0. The summed E-state index contributed by atoms with van der Waals surface area (Å²) in [7, 11) is 1.38. The normalized spacial score (nSPS) is 25.6. The number of nitrogens with zero attached hydrogens (tertiary/aromatic N) is 2. The van der Waals surface area contributed by atoms with Crippen molar-refractivity contribution < 1.29 is 13.2 Å². The van der Waals surface area contributed by atoms with E-state index in [1.165, 1.54) is 22.7 Å². The first-order valence-electron chi connectivity index (χ1n) is 4.50. The van der Waals surface area contributed by atoms with Crippen molar-refractivity contribution in [3.8, 4) is 0 Å². The second kappa shape index (κ2) is 4.57. The molecule has 1 atom stereocenters. The van der Waals surface area contributed by atoms with Gasteiger partial charge in [0.2, 0.25) is 0 Å². The molecule has 0 aliphatic carbocycles. The Bertz CT molecular complexity index is 276. The molecule has 0 spiro atoms. The molecule has 1 heterocycles. The Morgan fingerprint density at radius 2 is 2.14 bits per heavy atom. The molecule has 1 aliphatic heterocycles. The summed E-state index contributed by atoms with van der Waals surface area (Å²) < 4.78 is 31.2. The first kappa shape index (κ1) is 11.9. The molecule has 0 amide bonds. The van der Waals surface area contributed by atoms with Crippen molar-refractivity contribution in [1.82, 2.24) is 8.61 Å². The third-order valence-corrected chi connectivity index (χ3v) is 4.16. The van der Waals surface area contributed by atoms with Crippen molar-refractivity contribution in [2.45, 2.75) is 12.5 Å². The van der Waals surface area contributed by atoms with Crippen LogP contribution >= 0.6 is 0 Å². The van der Waals surface area contributed by atoms with E-state index in [1.54, 1.807) is 7.11 Å². The Labute approximate surface area is 85.8 Å². The Kier molecular flexibility index (Phi) is 3.88. The predicted octanol–water partition coefficient (Wildman–Crippen LogP) is -0.282. The van der Waals surface area contributed by atoms with Crippen LogP contribution in [-0.4, -0.2) is 57.4 Å². The first-order chi connectivity index (χ1) is 6.48. The van der Waals surface area contributed by atoms with E-state index in [-0.39, 0.29) is 6.10 Å². The van der Waals surface area contributed by atoms with Crippen LogP contribution in [0.3, 0.4) is 0 Å². The van der Waals surface area contributed by atoms with E-state index in [0.29, 0.717) is 13.1 Å². The molecule has 0 N–H and O–H groups in total. The Balaban J connectivity index is 2.69. The third-order valence-electron chi connectivity index (χ3n) is 2.29. The highest BCUT2D eigenvalue weighted by atomic mass is 32.2. The quantitative estimate of drug-likeness (QED) is 0.658. The largest absolute Gasteiger partial charge is 0.380 e. The van der Waals surface area contributed by atoms with Crippen molar-refractivity contribution in [3.63, 3.8) is 0 Å². The second-order valence-electron chi connectivity index (χ2n) is 3.49. The standard InChI is InChI=1S/C8H17N2O3S/c1-9(2)14(11,12)10-6-4-5-8(7-10)13-3/h4,8H,5-7H2,1-3H3/t8-/m1/s1. The van der Waals surface area contributed by atoms with E-state index < -0.39 is 10.2 Å². The van der Waals surface area contributed by atoms with Gasteiger partial charge in [-0.2, -0.15) is 17.0 Å². The van der Waals surface area contributed by atoms with Crippen molar-refractivity contribution in [1.29, 1.82) is 0 Å². The summed E-state index contributed by atoms with van der Waals surface area (Å²) in [4.78, 5) is 0. The Morgan fingerprint density at radius 1 is 1.50 bits per heavy atom. The zero-order chi connectivity index (χ0) is 10.8. The third kappa shape index (κ3) is 2.44. The summed E-state index contributed by atoms with van der Waals surface area (Å²) in [5.41, 5.74) is 0. The summed E-state index contributed by atoms with van der Waals surface area (Å²) >= 11 is 0. The Hall–Kier alpha value is -0.170. The molecule has 1 rings (SSSR count). The maximum Gasteiger partial charge on any atom is 0.281 e. The van der Waals surface area contributed by atoms with Gasteiger partial charge in [-0.1, -0.05) is 0 Å². The van der Waals surface area contributed by atoms with Gasteiger partial charge in [-0.05, 0) is 12.8 Å². The highest BCUT2D eigenvalue weighted by molar-refractivity contribution is 7.86. The number of ether oxygens (including phenoxy) is 1. The lowest BCUT2D eigenvalue weighted by Gasteiger charge is -2.32. The van der Waals surface area contributed by atoms with E-state index in [1.807, 2.05) is 6.42 Å². The molecule has 6 heteroatoms. The van der Waals surface area contributed by atoms with E-state index in [2.05, 4.69) is 0 Å². The topological polar surface area (TPSA) is 49.9 Å². The molecule has 1 aliphatic rings. The van der Waals surface area contributed by atoms with Crippen LogP contribution in [0.4, 0.5) is 0 Å². The van der Waals surface area contributed by atoms with Crippen LogP contribution < -0.4 is 0 Å². The summed E-state index contributed by atoms with van der Waals surface area (Å²) in [6, 6.07) is 0. The monoisotopic (exact) mass is 221 g/mol. The lowest BCUT2D eigenvalue weighted by molar-refractivity contribution is 0.0706.